The molecule has 0 radical (unpaired) electrons. The lowest BCUT2D eigenvalue weighted by atomic mass is 10.1. The molecule has 1 atom stereocenters. The van der Waals surface area contributed by atoms with E-state index < -0.39 is 0 Å². The van der Waals surface area contributed by atoms with E-state index in [-0.39, 0.29) is 11.9 Å². The van der Waals surface area contributed by atoms with E-state index in [1.807, 2.05) is 13.8 Å². The number of aryl methyl sites for hydroxylation is 2. The van der Waals surface area contributed by atoms with Crippen LogP contribution in [0.2, 0.25) is 0 Å². The largest absolute Gasteiger partial charge is 0.361 e. The first kappa shape index (κ1) is 13.7. The number of hydrogen-bond donors (Lipinski definition) is 1. The summed E-state index contributed by atoms with van der Waals surface area (Å²) in [5, 5.41) is 7.33. The molecule has 2 aromatic rings. The average Bonchev–Trinajstić information content (AvgIpc) is 2.72. The molecule has 5 heteroatoms. The molecule has 0 amide bonds. The van der Waals surface area contributed by atoms with Crippen molar-refractivity contribution >= 4 is 0 Å². The highest BCUT2D eigenvalue weighted by atomic mass is 19.1. The summed E-state index contributed by atoms with van der Waals surface area (Å²) in [6, 6.07) is 3.24. The Balaban J connectivity index is 2.06. The van der Waals surface area contributed by atoms with Crippen molar-refractivity contribution in [2.45, 2.75) is 39.8 Å². The third-order valence-corrected chi connectivity index (χ3v) is 3.22. The molecule has 1 N–H and O–H groups in total. The van der Waals surface area contributed by atoms with Gasteiger partial charge in [-0.3, -0.25) is 4.98 Å². The SMILES string of the molecule is CCC(NCc1c(C)noc1C)c1ccc(F)cn1. The second kappa shape index (κ2) is 5.93. The Kier molecular flexibility index (Phi) is 4.27. The summed E-state index contributed by atoms with van der Waals surface area (Å²) >= 11 is 0. The zero-order valence-electron chi connectivity index (χ0n) is 11.4. The van der Waals surface area contributed by atoms with Crippen molar-refractivity contribution in [2.75, 3.05) is 0 Å². The summed E-state index contributed by atoms with van der Waals surface area (Å²) in [7, 11) is 0. The molecule has 0 aliphatic heterocycles. The normalized spacial score (nSPS) is 12.6. The van der Waals surface area contributed by atoms with Gasteiger partial charge in [-0.2, -0.15) is 0 Å². The number of hydrogen-bond acceptors (Lipinski definition) is 4. The van der Waals surface area contributed by atoms with E-state index in [1.54, 1.807) is 6.07 Å². The highest BCUT2D eigenvalue weighted by Gasteiger charge is 2.14. The summed E-state index contributed by atoms with van der Waals surface area (Å²) in [6.07, 6.45) is 2.12. The molecule has 2 heterocycles. The molecule has 0 aromatic carbocycles. The van der Waals surface area contributed by atoms with Crippen LogP contribution in [0, 0.1) is 19.7 Å². The number of halogens is 1. The summed E-state index contributed by atoms with van der Waals surface area (Å²) < 4.78 is 18.0. The zero-order valence-corrected chi connectivity index (χ0v) is 11.4. The van der Waals surface area contributed by atoms with Crippen LogP contribution < -0.4 is 5.32 Å². The van der Waals surface area contributed by atoms with Gasteiger partial charge in [-0.1, -0.05) is 12.1 Å². The third kappa shape index (κ3) is 3.17. The average molecular weight is 263 g/mol. The molecular weight excluding hydrogens is 245 g/mol. The molecule has 0 aliphatic carbocycles. The molecule has 4 nitrogen and oxygen atoms in total. The van der Waals surface area contributed by atoms with Gasteiger partial charge in [0.15, 0.2) is 0 Å². The predicted octanol–water partition coefficient (Wildman–Crippen LogP) is 3.07. The maximum absolute atomic E-state index is 12.9. The highest BCUT2D eigenvalue weighted by molar-refractivity contribution is 5.21. The van der Waals surface area contributed by atoms with Crippen molar-refractivity contribution in [1.82, 2.24) is 15.5 Å². The fraction of sp³-hybridized carbons (Fsp3) is 0.429. The van der Waals surface area contributed by atoms with Crippen molar-refractivity contribution < 1.29 is 8.91 Å². The van der Waals surface area contributed by atoms with E-state index in [1.165, 1.54) is 12.3 Å². The molecule has 0 saturated heterocycles. The summed E-state index contributed by atoms with van der Waals surface area (Å²) in [5.74, 6) is 0.510. The predicted molar refractivity (Wildman–Crippen MR) is 70.0 cm³/mol. The van der Waals surface area contributed by atoms with Crippen molar-refractivity contribution in [3.8, 4) is 0 Å². The first-order valence-corrected chi connectivity index (χ1v) is 6.38. The molecule has 0 aliphatic rings. The molecule has 0 saturated carbocycles. The zero-order chi connectivity index (χ0) is 13.8. The second-order valence-electron chi connectivity index (χ2n) is 4.55. The van der Waals surface area contributed by atoms with Gasteiger partial charge in [0.05, 0.1) is 17.6 Å². The molecule has 102 valence electrons. The number of aromatic nitrogens is 2. The minimum atomic E-state index is -0.315. The van der Waals surface area contributed by atoms with Crippen LogP contribution in [-0.4, -0.2) is 10.1 Å². The van der Waals surface area contributed by atoms with Gasteiger partial charge in [-0.05, 0) is 32.4 Å². The van der Waals surface area contributed by atoms with Gasteiger partial charge < -0.3 is 9.84 Å². The number of nitrogens with zero attached hydrogens (tertiary/aromatic N) is 2. The van der Waals surface area contributed by atoms with Gasteiger partial charge in [-0.15, -0.1) is 0 Å². The van der Waals surface area contributed by atoms with Crippen molar-refractivity contribution in [2.24, 2.45) is 0 Å². The van der Waals surface area contributed by atoms with Crippen LogP contribution in [0.4, 0.5) is 4.39 Å². The summed E-state index contributed by atoms with van der Waals surface area (Å²) in [6.45, 7) is 6.55. The van der Waals surface area contributed by atoms with Gasteiger partial charge in [0.2, 0.25) is 0 Å². The quantitative estimate of drug-likeness (QED) is 0.900. The van der Waals surface area contributed by atoms with E-state index >= 15 is 0 Å². The second-order valence-corrected chi connectivity index (χ2v) is 4.55. The smallest absolute Gasteiger partial charge is 0.141 e. The van der Waals surface area contributed by atoms with Gasteiger partial charge in [0.1, 0.15) is 11.6 Å². The molecule has 2 rings (SSSR count). The lowest BCUT2D eigenvalue weighted by Crippen LogP contribution is -2.21. The summed E-state index contributed by atoms with van der Waals surface area (Å²) in [5.41, 5.74) is 2.81. The standard InChI is InChI=1S/C14H18FN3O/c1-4-13(14-6-5-11(15)7-16-14)17-8-12-9(2)18-19-10(12)3/h5-7,13,17H,4,8H2,1-3H3. The lowest BCUT2D eigenvalue weighted by molar-refractivity contribution is 0.391. The Hall–Kier alpha value is -1.75. The van der Waals surface area contributed by atoms with Gasteiger partial charge in [-0.25, -0.2) is 4.39 Å². The fourth-order valence-electron chi connectivity index (χ4n) is 2.03. The lowest BCUT2D eigenvalue weighted by Gasteiger charge is -2.16. The van der Waals surface area contributed by atoms with Gasteiger partial charge in [0, 0.05) is 18.2 Å². The minimum Gasteiger partial charge on any atom is -0.361 e. The first-order valence-electron chi connectivity index (χ1n) is 6.38. The molecule has 0 fully saturated rings. The van der Waals surface area contributed by atoms with Crippen molar-refractivity contribution in [3.63, 3.8) is 0 Å². The van der Waals surface area contributed by atoms with E-state index in [9.17, 15) is 4.39 Å². The third-order valence-electron chi connectivity index (χ3n) is 3.22. The first-order chi connectivity index (χ1) is 9.11. The Labute approximate surface area is 112 Å². The van der Waals surface area contributed by atoms with Crippen molar-refractivity contribution in [3.05, 3.63) is 46.9 Å². The molecule has 0 bridgehead atoms. The Bertz CT molecular complexity index is 517. The highest BCUT2D eigenvalue weighted by Crippen LogP contribution is 2.17. The van der Waals surface area contributed by atoms with E-state index in [4.69, 9.17) is 4.52 Å². The van der Waals surface area contributed by atoms with Crippen LogP contribution in [0.3, 0.4) is 0 Å². The molecular formula is C14H18FN3O. The number of pyridine rings is 1. The Morgan fingerprint density at radius 3 is 2.68 bits per heavy atom. The summed E-state index contributed by atoms with van der Waals surface area (Å²) in [4.78, 5) is 4.12. The van der Waals surface area contributed by atoms with E-state index in [0.29, 0.717) is 6.54 Å². The van der Waals surface area contributed by atoms with Gasteiger partial charge in [0.25, 0.3) is 0 Å². The fourth-order valence-corrected chi connectivity index (χ4v) is 2.03. The minimum absolute atomic E-state index is 0.0919. The Morgan fingerprint density at radius 2 is 2.16 bits per heavy atom. The molecule has 19 heavy (non-hydrogen) atoms. The molecule has 0 spiro atoms. The van der Waals surface area contributed by atoms with Crippen LogP contribution in [0.25, 0.3) is 0 Å². The van der Waals surface area contributed by atoms with Crippen molar-refractivity contribution in [1.29, 1.82) is 0 Å². The monoisotopic (exact) mass is 263 g/mol. The maximum Gasteiger partial charge on any atom is 0.141 e. The maximum atomic E-state index is 12.9. The van der Waals surface area contributed by atoms with Crippen LogP contribution in [0.15, 0.2) is 22.9 Å². The van der Waals surface area contributed by atoms with Crippen LogP contribution >= 0.6 is 0 Å². The number of rotatable bonds is 5. The molecule has 1 unspecified atom stereocenters. The van der Waals surface area contributed by atoms with Crippen LogP contribution in [0.5, 0.6) is 0 Å². The van der Waals surface area contributed by atoms with E-state index in [2.05, 4.69) is 22.4 Å². The Morgan fingerprint density at radius 1 is 1.37 bits per heavy atom. The topological polar surface area (TPSA) is 51.0 Å². The van der Waals surface area contributed by atoms with Crippen LogP contribution in [-0.2, 0) is 6.54 Å². The van der Waals surface area contributed by atoms with E-state index in [0.717, 1.165) is 29.1 Å². The van der Waals surface area contributed by atoms with Crippen LogP contribution in [0.1, 0.15) is 42.1 Å². The number of nitrogens with one attached hydrogen (secondary N) is 1. The van der Waals surface area contributed by atoms with Gasteiger partial charge >= 0.3 is 0 Å². The molecule has 2 aromatic heterocycles.